The molecule has 62 valence electrons. The molecule has 10 heavy (non-hydrogen) atoms. The van der Waals surface area contributed by atoms with Crippen molar-refractivity contribution in [3.8, 4) is 0 Å². The highest BCUT2D eigenvalue weighted by Crippen LogP contribution is 2.35. The van der Waals surface area contributed by atoms with E-state index in [0.717, 1.165) is 13.0 Å². The summed E-state index contributed by atoms with van der Waals surface area (Å²) in [6.07, 6.45) is 0.750. The zero-order valence-electron chi connectivity index (χ0n) is 6.40. The standard InChI is InChI=1S/C3H9O3P.C2H4O/c1-3-6-7(2,4)5;1-2-3/h3H2,1-2H3,(H,4,5);2H,1H3. The Labute approximate surface area is 60.7 Å². The second kappa shape index (κ2) is 6.93. The summed E-state index contributed by atoms with van der Waals surface area (Å²) in [4.78, 5) is 17.2. The van der Waals surface area contributed by atoms with Crippen molar-refractivity contribution in [3.63, 3.8) is 0 Å². The van der Waals surface area contributed by atoms with Crippen LogP contribution in [0.4, 0.5) is 0 Å². The monoisotopic (exact) mass is 168 g/mol. The summed E-state index contributed by atoms with van der Waals surface area (Å²) in [6, 6.07) is 0. The minimum absolute atomic E-state index is 0.296. The van der Waals surface area contributed by atoms with Crippen LogP contribution in [0.25, 0.3) is 0 Å². The van der Waals surface area contributed by atoms with Gasteiger partial charge in [-0.25, -0.2) is 0 Å². The molecule has 0 heterocycles. The van der Waals surface area contributed by atoms with Gasteiger partial charge >= 0.3 is 7.60 Å². The van der Waals surface area contributed by atoms with E-state index in [2.05, 4.69) is 4.52 Å². The first-order valence-electron chi connectivity index (χ1n) is 2.82. The molecular formula is C5H13O4P. The summed E-state index contributed by atoms with van der Waals surface area (Å²) in [6.45, 7) is 4.58. The molecule has 1 unspecified atom stereocenters. The van der Waals surface area contributed by atoms with Gasteiger partial charge in [0.15, 0.2) is 0 Å². The molecule has 0 aliphatic rings. The van der Waals surface area contributed by atoms with Gasteiger partial charge in [-0.3, -0.25) is 4.57 Å². The van der Waals surface area contributed by atoms with Crippen LogP contribution in [0.2, 0.25) is 0 Å². The number of carbonyl (C=O) groups is 1. The third kappa shape index (κ3) is 24.9. The summed E-state index contributed by atoms with van der Waals surface area (Å²) >= 11 is 0. The van der Waals surface area contributed by atoms with Gasteiger partial charge in [0.2, 0.25) is 0 Å². The topological polar surface area (TPSA) is 63.6 Å². The van der Waals surface area contributed by atoms with Crippen molar-refractivity contribution in [2.45, 2.75) is 13.8 Å². The van der Waals surface area contributed by atoms with Crippen LogP contribution >= 0.6 is 7.60 Å². The zero-order valence-corrected chi connectivity index (χ0v) is 7.30. The lowest BCUT2D eigenvalue weighted by Gasteiger charge is -2.00. The molecule has 0 spiro atoms. The maximum Gasteiger partial charge on any atom is 0.325 e. The first kappa shape index (κ1) is 12.5. The Morgan fingerprint density at radius 1 is 1.70 bits per heavy atom. The van der Waals surface area contributed by atoms with Crippen LogP contribution in [0.15, 0.2) is 0 Å². The van der Waals surface area contributed by atoms with Crippen LogP contribution in [0.3, 0.4) is 0 Å². The molecule has 0 saturated carbocycles. The van der Waals surface area contributed by atoms with Crippen LogP contribution < -0.4 is 0 Å². The molecule has 5 heteroatoms. The summed E-state index contributed by atoms with van der Waals surface area (Å²) in [5.41, 5.74) is 0. The molecule has 0 aromatic heterocycles. The van der Waals surface area contributed by atoms with Gasteiger partial charge < -0.3 is 14.2 Å². The Bertz CT molecular complexity index is 117. The Hall–Kier alpha value is -0.180. The largest absolute Gasteiger partial charge is 0.325 e. The van der Waals surface area contributed by atoms with Crippen LogP contribution in [0.1, 0.15) is 13.8 Å². The molecule has 0 amide bonds. The lowest BCUT2D eigenvalue weighted by atomic mass is 10.9. The van der Waals surface area contributed by atoms with Gasteiger partial charge in [0.1, 0.15) is 6.29 Å². The Morgan fingerprint density at radius 2 is 2.00 bits per heavy atom. The fraction of sp³-hybridized carbons (Fsp3) is 0.800. The van der Waals surface area contributed by atoms with Crippen molar-refractivity contribution in [2.24, 2.45) is 0 Å². The number of rotatable bonds is 2. The highest BCUT2D eigenvalue weighted by atomic mass is 31.2. The van der Waals surface area contributed by atoms with Crippen molar-refractivity contribution >= 4 is 13.9 Å². The molecule has 4 nitrogen and oxygen atoms in total. The van der Waals surface area contributed by atoms with Gasteiger partial charge in [0, 0.05) is 6.66 Å². The minimum atomic E-state index is -3.17. The van der Waals surface area contributed by atoms with E-state index in [0.29, 0.717) is 6.61 Å². The third-order valence-electron chi connectivity index (χ3n) is 0.369. The Kier molecular flexibility index (Phi) is 8.66. The average molecular weight is 168 g/mol. The quantitative estimate of drug-likeness (QED) is 0.494. The lowest BCUT2D eigenvalue weighted by Crippen LogP contribution is -1.83. The Morgan fingerprint density at radius 3 is 2.00 bits per heavy atom. The average Bonchev–Trinajstić information content (AvgIpc) is 1.63. The normalized spacial score (nSPS) is 14.4. The molecule has 0 bridgehead atoms. The van der Waals surface area contributed by atoms with Crippen molar-refractivity contribution < 1.29 is 18.8 Å². The maximum absolute atomic E-state index is 10.1. The van der Waals surface area contributed by atoms with Crippen molar-refractivity contribution in [2.75, 3.05) is 13.3 Å². The van der Waals surface area contributed by atoms with Gasteiger partial charge in [-0.2, -0.15) is 0 Å². The van der Waals surface area contributed by atoms with E-state index in [1.165, 1.54) is 6.92 Å². The predicted molar refractivity (Wildman–Crippen MR) is 39.1 cm³/mol. The summed E-state index contributed by atoms with van der Waals surface area (Å²) in [5, 5.41) is 0. The maximum atomic E-state index is 10.1. The summed E-state index contributed by atoms with van der Waals surface area (Å²) in [5.74, 6) is 0. The molecule has 0 aliphatic heterocycles. The third-order valence-corrected chi connectivity index (χ3v) is 1.11. The van der Waals surface area contributed by atoms with Gasteiger partial charge in [-0.15, -0.1) is 0 Å². The molecule has 0 aromatic carbocycles. The molecule has 0 aromatic rings. The van der Waals surface area contributed by atoms with E-state index in [1.54, 1.807) is 6.92 Å². The predicted octanol–water partition coefficient (Wildman–Crippen LogP) is 1.04. The van der Waals surface area contributed by atoms with E-state index in [1.807, 2.05) is 0 Å². The molecule has 0 fully saturated rings. The van der Waals surface area contributed by atoms with Crippen LogP contribution in [-0.2, 0) is 13.9 Å². The molecule has 1 atom stereocenters. The molecule has 0 aliphatic carbocycles. The SMILES string of the molecule is CC=O.CCOP(C)(=O)O. The van der Waals surface area contributed by atoms with E-state index in [9.17, 15) is 4.57 Å². The van der Waals surface area contributed by atoms with Gasteiger partial charge in [-0.05, 0) is 13.8 Å². The molecule has 0 radical (unpaired) electrons. The first-order valence-corrected chi connectivity index (χ1v) is 4.85. The molecule has 0 rings (SSSR count). The van der Waals surface area contributed by atoms with E-state index in [-0.39, 0.29) is 0 Å². The van der Waals surface area contributed by atoms with Crippen LogP contribution in [0.5, 0.6) is 0 Å². The summed E-state index contributed by atoms with van der Waals surface area (Å²) < 4.78 is 14.5. The van der Waals surface area contributed by atoms with Gasteiger partial charge in [0.25, 0.3) is 0 Å². The lowest BCUT2D eigenvalue weighted by molar-refractivity contribution is -0.106. The minimum Gasteiger partial charge on any atom is -0.324 e. The smallest absolute Gasteiger partial charge is 0.324 e. The van der Waals surface area contributed by atoms with Crippen LogP contribution in [-0.4, -0.2) is 24.5 Å². The highest BCUT2D eigenvalue weighted by Gasteiger charge is 2.05. The fourth-order valence-electron chi connectivity index (χ4n) is 0.240. The molecule has 0 saturated heterocycles. The second-order valence-electron chi connectivity index (χ2n) is 1.46. The number of carbonyl (C=O) groups excluding carboxylic acids is 1. The van der Waals surface area contributed by atoms with E-state index in [4.69, 9.17) is 9.69 Å². The fourth-order valence-corrected chi connectivity index (χ4v) is 0.719. The zero-order chi connectivity index (χ0) is 8.62. The number of aldehydes is 1. The first-order chi connectivity index (χ1) is 4.47. The molecular weight excluding hydrogens is 155 g/mol. The van der Waals surface area contributed by atoms with E-state index >= 15 is 0 Å². The summed E-state index contributed by atoms with van der Waals surface area (Å²) in [7, 11) is -3.17. The van der Waals surface area contributed by atoms with Crippen LogP contribution in [0, 0.1) is 0 Å². The highest BCUT2D eigenvalue weighted by molar-refractivity contribution is 7.51. The van der Waals surface area contributed by atoms with Gasteiger partial charge in [-0.1, -0.05) is 0 Å². The second-order valence-corrected chi connectivity index (χ2v) is 3.32. The molecule has 1 N–H and O–H groups in total. The van der Waals surface area contributed by atoms with Crippen molar-refractivity contribution in [3.05, 3.63) is 0 Å². The van der Waals surface area contributed by atoms with Crippen molar-refractivity contribution in [1.82, 2.24) is 0 Å². The van der Waals surface area contributed by atoms with Gasteiger partial charge in [0.05, 0.1) is 6.61 Å². The van der Waals surface area contributed by atoms with E-state index < -0.39 is 7.60 Å². The Balaban J connectivity index is 0. The number of hydrogen-bond acceptors (Lipinski definition) is 3. The number of hydrogen-bond donors (Lipinski definition) is 1. The van der Waals surface area contributed by atoms with Crippen molar-refractivity contribution in [1.29, 1.82) is 0 Å².